The zero-order valence-corrected chi connectivity index (χ0v) is 7.30. The summed E-state index contributed by atoms with van der Waals surface area (Å²) in [5.41, 5.74) is 0. The Labute approximate surface area is 65.3 Å². The molecule has 0 aromatic rings. The molecular formula is CH4ClFO6P2. The molecule has 0 atom stereocenters. The maximum Gasteiger partial charge on any atom is 0.390 e. The van der Waals surface area contributed by atoms with Crippen molar-refractivity contribution in [3.8, 4) is 0 Å². The van der Waals surface area contributed by atoms with E-state index in [1.165, 1.54) is 0 Å². The Morgan fingerprint density at radius 1 is 1.09 bits per heavy atom. The van der Waals surface area contributed by atoms with Crippen molar-refractivity contribution >= 4 is 26.8 Å². The van der Waals surface area contributed by atoms with Crippen molar-refractivity contribution < 1.29 is 33.1 Å². The summed E-state index contributed by atoms with van der Waals surface area (Å²) < 4.78 is 28.0. The number of alkyl halides is 2. The van der Waals surface area contributed by atoms with Gasteiger partial charge in [-0.05, 0) is 0 Å². The smallest absolute Gasteiger partial charge is 0.321 e. The van der Waals surface area contributed by atoms with Gasteiger partial charge in [-0.15, -0.1) is 0 Å². The summed E-state index contributed by atoms with van der Waals surface area (Å²) >= 11 is 4.30. The monoisotopic (exact) mass is 228 g/mol. The van der Waals surface area contributed by atoms with Crippen LogP contribution >= 0.6 is 26.8 Å². The molecule has 4 N–H and O–H groups in total. The molecule has 0 bridgehead atoms. The molecule has 0 radical (unpaired) electrons. The molecule has 0 unspecified atom stereocenters. The summed E-state index contributed by atoms with van der Waals surface area (Å²) in [4.78, 5) is 32.0. The summed E-state index contributed by atoms with van der Waals surface area (Å²) in [5.74, 6) is 0. The summed E-state index contributed by atoms with van der Waals surface area (Å²) in [6.07, 6.45) is 0. The van der Waals surface area contributed by atoms with Crippen LogP contribution in [-0.4, -0.2) is 24.2 Å². The van der Waals surface area contributed by atoms with E-state index in [4.69, 9.17) is 19.6 Å². The van der Waals surface area contributed by atoms with Gasteiger partial charge in [-0.25, -0.2) is 0 Å². The molecule has 0 spiro atoms. The van der Waals surface area contributed by atoms with Crippen LogP contribution in [0.25, 0.3) is 0 Å². The molecular weight excluding hydrogens is 224 g/mol. The molecule has 0 aromatic heterocycles. The van der Waals surface area contributed by atoms with Crippen LogP contribution in [0.5, 0.6) is 0 Å². The lowest BCUT2D eigenvalue weighted by molar-refractivity contribution is 0.273. The Morgan fingerprint density at radius 3 is 1.27 bits per heavy atom. The molecule has 0 rings (SSSR count). The van der Waals surface area contributed by atoms with E-state index in [1.807, 2.05) is 0 Å². The molecule has 0 saturated carbocycles. The third kappa shape index (κ3) is 2.23. The minimum Gasteiger partial charge on any atom is -0.321 e. The van der Waals surface area contributed by atoms with E-state index < -0.39 is 19.8 Å². The van der Waals surface area contributed by atoms with Crippen LogP contribution in [0.15, 0.2) is 0 Å². The second-order valence-electron chi connectivity index (χ2n) is 1.60. The third-order valence-corrected chi connectivity index (χ3v) is 4.99. The lowest BCUT2D eigenvalue weighted by atomic mass is 11.7. The largest absolute Gasteiger partial charge is 0.390 e. The van der Waals surface area contributed by atoms with Crippen molar-refractivity contribution in [2.24, 2.45) is 0 Å². The molecule has 0 aliphatic carbocycles. The Bertz CT molecular complexity index is 213. The minimum absolute atomic E-state index is 4.30. The first-order valence-electron chi connectivity index (χ1n) is 1.99. The molecule has 0 heterocycles. The standard InChI is InChI=1S/CH4ClFO6P2/c2-1(3,10(4,5)6)11(7,8)9/h(H2,4,5,6)(H2,7,8,9). The van der Waals surface area contributed by atoms with Gasteiger partial charge in [0.2, 0.25) is 0 Å². The molecule has 68 valence electrons. The van der Waals surface area contributed by atoms with Crippen molar-refractivity contribution in [3.05, 3.63) is 0 Å². The fourth-order valence-electron chi connectivity index (χ4n) is 0.170. The van der Waals surface area contributed by atoms with Gasteiger partial charge in [0.15, 0.2) is 0 Å². The highest BCUT2D eigenvalue weighted by Gasteiger charge is 2.60. The number of halogens is 2. The average molecular weight is 228 g/mol. The second kappa shape index (κ2) is 2.78. The highest BCUT2D eigenvalue weighted by atomic mass is 35.5. The van der Waals surface area contributed by atoms with Gasteiger partial charge < -0.3 is 19.6 Å². The van der Waals surface area contributed by atoms with Gasteiger partial charge in [0.1, 0.15) is 0 Å². The fraction of sp³-hybridized carbons (Fsp3) is 1.00. The van der Waals surface area contributed by atoms with E-state index in [9.17, 15) is 13.5 Å². The maximum absolute atomic E-state index is 12.3. The Hall–Kier alpha value is 0.520. The molecule has 0 aliphatic heterocycles. The average Bonchev–Trinajstić information content (AvgIpc) is 1.58. The molecule has 10 heteroatoms. The van der Waals surface area contributed by atoms with Crippen LogP contribution in [0, 0.1) is 0 Å². The van der Waals surface area contributed by atoms with Gasteiger partial charge in [-0.2, -0.15) is 4.39 Å². The molecule has 0 aromatic carbocycles. The third-order valence-electron chi connectivity index (χ3n) is 0.701. The van der Waals surface area contributed by atoms with E-state index in [2.05, 4.69) is 11.6 Å². The van der Waals surface area contributed by atoms with Gasteiger partial charge >= 0.3 is 19.8 Å². The number of hydrogen-bond donors (Lipinski definition) is 4. The molecule has 6 nitrogen and oxygen atoms in total. The Kier molecular flexibility index (Phi) is 2.91. The van der Waals surface area contributed by atoms with Crippen LogP contribution in [0.1, 0.15) is 0 Å². The predicted octanol–water partition coefficient (Wildman–Crippen LogP) is 0.161. The van der Waals surface area contributed by atoms with Crippen LogP contribution in [0.4, 0.5) is 4.39 Å². The normalized spacial score (nSPS) is 15.1. The number of hydrogen-bond acceptors (Lipinski definition) is 2. The minimum atomic E-state index is -5.65. The van der Waals surface area contributed by atoms with Crippen LogP contribution in [-0.2, 0) is 9.13 Å². The zero-order chi connectivity index (χ0) is 9.50. The quantitative estimate of drug-likeness (QED) is 0.395. The SMILES string of the molecule is O=P(O)(O)C(F)(Cl)P(=O)(O)O. The molecule has 0 fully saturated rings. The van der Waals surface area contributed by atoms with E-state index in [-0.39, 0.29) is 0 Å². The molecule has 11 heavy (non-hydrogen) atoms. The summed E-state index contributed by atoms with van der Waals surface area (Å²) in [6, 6.07) is 0. The van der Waals surface area contributed by atoms with E-state index in [0.717, 1.165) is 0 Å². The van der Waals surface area contributed by atoms with Crippen molar-refractivity contribution in [2.45, 2.75) is 4.61 Å². The van der Waals surface area contributed by atoms with Crippen LogP contribution in [0.3, 0.4) is 0 Å². The highest BCUT2D eigenvalue weighted by Crippen LogP contribution is 2.72. The predicted molar refractivity (Wildman–Crippen MR) is 33.8 cm³/mol. The first-order valence-corrected chi connectivity index (χ1v) is 5.59. The van der Waals surface area contributed by atoms with Crippen LogP contribution in [0.2, 0.25) is 0 Å². The van der Waals surface area contributed by atoms with E-state index >= 15 is 0 Å². The summed E-state index contributed by atoms with van der Waals surface area (Å²) in [5, 5.41) is 0. The van der Waals surface area contributed by atoms with Crippen molar-refractivity contribution in [3.63, 3.8) is 0 Å². The lowest BCUT2D eigenvalue weighted by Crippen LogP contribution is -2.14. The fourth-order valence-corrected chi connectivity index (χ4v) is 1.53. The molecule has 0 amide bonds. The molecule has 0 aliphatic rings. The Balaban J connectivity index is 5.08. The van der Waals surface area contributed by atoms with Gasteiger partial charge in [-0.3, -0.25) is 9.13 Å². The first-order chi connectivity index (χ1) is 4.50. The Morgan fingerprint density at radius 2 is 1.27 bits per heavy atom. The van der Waals surface area contributed by atoms with E-state index in [0.29, 0.717) is 0 Å². The number of rotatable bonds is 2. The highest BCUT2D eigenvalue weighted by molar-refractivity contribution is 7.74. The maximum atomic E-state index is 12.3. The van der Waals surface area contributed by atoms with Crippen LogP contribution < -0.4 is 0 Å². The van der Waals surface area contributed by atoms with Crippen molar-refractivity contribution in [1.82, 2.24) is 0 Å². The van der Waals surface area contributed by atoms with Gasteiger partial charge in [0, 0.05) is 0 Å². The van der Waals surface area contributed by atoms with Gasteiger partial charge in [0.25, 0.3) is 0 Å². The lowest BCUT2D eigenvalue weighted by Gasteiger charge is -2.19. The molecule has 0 saturated heterocycles. The zero-order valence-electron chi connectivity index (χ0n) is 4.76. The van der Waals surface area contributed by atoms with Crippen molar-refractivity contribution in [1.29, 1.82) is 0 Å². The van der Waals surface area contributed by atoms with Gasteiger partial charge in [-0.1, -0.05) is 11.6 Å². The summed E-state index contributed by atoms with van der Waals surface area (Å²) in [6.45, 7) is 0. The van der Waals surface area contributed by atoms with Crippen molar-refractivity contribution in [2.75, 3.05) is 0 Å². The second-order valence-corrected chi connectivity index (χ2v) is 6.41. The van der Waals surface area contributed by atoms with E-state index in [1.54, 1.807) is 0 Å². The van der Waals surface area contributed by atoms with Gasteiger partial charge in [0.05, 0.1) is 0 Å². The topological polar surface area (TPSA) is 115 Å². The first kappa shape index (κ1) is 11.5. The summed E-state index contributed by atoms with van der Waals surface area (Å²) in [7, 11) is -11.3.